The number of ether oxygens (including phenoxy) is 1. The Balaban J connectivity index is 1.31. The van der Waals surface area contributed by atoms with Gasteiger partial charge in [0.2, 0.25) is 0 Å². The normalized spacial score (nSPS) is 15.0. The van der Waals surface area contributed by atoms with Crippen LogP contribution in [0.2, 0.25) is 0 Å². The largest absolute Gasteiger partial charge is 0.485 e. The maximum Gasteiger partial charge on any atom is 0.130 e. The highest BCUT2D eigenvalue weighted by Gasteiger charge is 2.33. The van der Waals surface area contributed by atoms with Gasteiger partial charge in [0, 0.05) is 34.6 Å². The Kier molecular flexibility index (Phi) is 6.66. The Labute approximate surface area is 258 Å². The third-order valence-corrected chi connectivity index (χ3v) is 8.55. The number of anilines is 2. The molecule has 0 N–H and O–H groups in total. The fourth-order valence-electron chi connectivity index (χ4n) is 6.43. The molecule has 0 amide bonds. The van der Waals surface area contributed by atoms with Crippen molar-refractivity contribution in [3.8, 4) is 39.1 Å². The zero-order valence-electron chi connectivity index (χ0n) is 24.3. The van der Waals surface area contributed by atoms with Crippen molar-refractivity contribution >= 4 is 16.9 Å². The quantitative estimate of drug-likeness (QED) is 0.199. The van der Waals surface area contributed by atoms with Crippen LogP contribution in [0.25, 0.3) is 39.0 Å². The first kappa shape index (κ1) is 26.1. The summed E-state index contributed by atoms with van der Waals surface area (Å²) in [4.78, 5) is 2.42. The van der Waals surface area contributed by atoms with Gasteiger partial charge in [0.15, 0.2) is 0 Å². The van der Waals surface area contributed by atoms with Crippen molar-refractivity contribution < 1.29 is 4.74 Å². The number of rotatable bonds is 6. The van der Waals surface area contributed by atoms with Gasteiger partial charge < -0.3 is 9.64 Å². The summed E-state index contributed by atoms with van der Waals surface area (Å²) in [7, 11) is 0. The first-order chi connectivity index (χ1) is 21.8. The van der Waals surface area contributed by atoms with Gasteiger partial charge in [-0.1, -0.05) is 127 Å². The van der Waals surface area contributed by atoms with E-state index in [0.717, 1.165) is 23.5 Å². The van der Waals surface area contributed by atoms with Gasteiger partial charge in [-0.25, -0.2) is 0 Å². The van der Waals surface area contributed by atoms with E-state index in [2.05, 4.69) is 169 Å². The number of hydrogen-bond acceptors (Lipinski definition) is 2. The van der Waals surface area contributed by atoms with Crippen LogP contribution in [-0.4, -0.2) is 6.10 Å². The molecule has 44 heavy (non-hydrogen) atoms. The molecule has 2 nitrogen and oxygen atoms in total. The average molecular weight is 566 g/mol. The lowest BCUT2D eigenvalue weighted by molar-refractivity contribution is 0.274. The zero-order chi connectivity index (χ0) is 29.3. The molecule has 1 heterocycles. The summed E-state index contributed by atoms with van der Waals surface area (Å²) in [6.45, 7) is 0. The van der Waals surface area contributed by atoms with E-state index in [4.69, 9.17) is 4.74 Å². The van der Waals surface area contributed by atoms with Crippen molar-refractivity contribution in [2.45, 2.75) is 12.5 Å². The van der Waals surface area contributed by atoms with Crippen molar-refractivity contribution in [2.24, 2.45) is 0 Å². The second kappa shape index (κ2) is 11.2. The lowest BCUT2D eigenvalue weighted by Gasteiger charge is -2.32. The molecule has 8 rings (SSSR count). The van der Waals surface area contributed by atoms with Gasteiger partial charge in [-0.3, -0.25) is 0 Å². The second-order valence-electron chi connectivity index (χ2n) is 11.3. The maximum absolute atomic E-state index is 6.51. The molecule has 0 spiro atoms. The van der Waals surface area contributed by atoms with Gasteiger partial charge in [-0.15, -0.1) is 0 Å². The van der Waals surface area contributed by atoms with Crippen LogP contribution < -0.4 is 9.64 Å². The number of hydrogen-bond donors (Lipinski definition) is 0. The Morgan fingerprint density at radius 3 is 1.66 bits per heavy atom. The number of fused-ring (bicyclic) bond motifs is 3. The monoisotopic (exact) mass is 565 g/mol. The molecule has 0 saturated carbocycles. The molecule has 0 bridgehead atoms. The van der Waals surface area contributed by atoms with Crippen LogP contribution >= 0.6 is 0 Å². The van der Waals surface area contributed by atoms with Gasteiger partial charge in [-0.2, -0.15) is 0 Å². The summed E-state index contributed by atoms with van der Waals surface area (Å²) in [5.74, 6) is 0.966. The van der Waals surface area contributed by atoms with Crippen molar-refractivity contribution in [3.05, 3.63) is 181 Å². The highest BCUT2D eigenvalue weighted by molar-refractivity contribution is 5.85. The fraction of sp³-hybridized carbons (Fsp3) is 0.0476. The summed E-state index contributed by atoms with van der Waals surface area (Å²) in [6.07, 6.45) is 5.29. The van der Waals surface area contributed by atoms with Crippen LogP contribution in [0.15, 0.2) is 176 Å². The lowest BCUT2D eigenvalue weighted by atomic mass is 9.93. The standard InChI is InChI=1S/C42H31NO/c1-4-13-30(14-5-1)33-19-12-20-36(26-33)43(37-23-24-40-39-21-10-11-22-41(39)44-42(40)29-37)38-27-34(31-15-6-2-7-16-31)25-35(28-38)32-17-8-3-9-18-32/h1-28,42H,29H2. The molecule has 1 unspecified atom stereocenters. The van der Waals surface area contributed by atoms with E-state index in [1.54, 1.807) is 0 Å². The Hall–Kier alpha value is -5.60. The summed E-state index contributed by atoms with van der Waals surface area (Å²) >= 11 is 0. The molecule has 0 saturated heterocycles. The molecule has 6 aromatic carbocycles. The van der Waals surface area contributed by atoms with E-state index in [1.165, 1.54) is 50.2 Å². The highest BCUT2D eigenvalue weighted by atomic mass is 16.5. The van der Waals surface area contributed by atoms with Gasteiger partial charge in [0.05, 0.1) is 0 Å². The molecule has 1 aliphatic carbocycles. The summed E-state index contributed by atoms with van der Waals surface area (Å²) in [5, 5.41) is 0. The van der Waals surface area contributed by atoms with Crippen molar-refractivity contribution in [1.29, 1.82) is 0 Å². The van der Waals surface area contributed by atoms with Crippen LogP contribution in [0, 0.1) is 0 Å². The number of para-hydroxylation sites is 1. The van der Waals surface area contributed by atoms with Gasteiger partial charge in [0.1, 0.15) is 11.9 Å². The van der Waals surface area contributed by atoms with E-state index in [1.807, 2.05) is 6.07 Å². The molecule has 0 aromatic heterocycles. The maximum atomic E-state index is 6.51. The Morgan fingerprint density at radius 1 is 0.455 bits per heavy atom. The average Bonchev–Trinajstić information content (AvgIpc) is 3.48. The SMILES string of the molecule is C1=C2c3ccccc3OC2CC(N(c2cccc(-c3ccccc3)c2)c2cc(-c3ccccc3)cc(-c3ccccc3)c2)=C1. The molecule has 2 aliphatic rings. The Bertz CT molecular complexity index is 1950. The predicted octanol–water partition coefficient (Wildman–Crippen LogP) is 11.0. The van der Waals surface area contributed by atoms with E-state index in [9.17, 15) is 0 Å². The lowest BCUT2D eigenvalue weighted by Crippen LogP contribution is -2.25. The highest BCUT2D eigenvalue weighted by Crippen LogP contribution is 2.45. The van der Waals surface area contributed by atoms with Crippen molar-refractivity contribution in [1.82, 2.24) is 0 Å². The smallest absolute Gasteiger partial charge is 0.130 e. The first-order valence-electron chi connectivity index (χ1n) is 15.2. The van der Waals surface area contributed by atoms with Crippen LogP contribution in [0.5, 0.6) is 5.75 Å². The van der Waals surface area contributed by atoms with Crippen LogP contribution in [0.4, 0.5) is 11.4 Å². The number of allylic oxidation sites excluding steroid dienone is 2. The van der Waals surface area contributed by atoms with E-state index in [0.29, 0.717) is 0 Å². The molecule has 0 radical (unpaired) electrons. The van der Waals surface area contributed by atoms with Gasteiger partial charge >= 0.3 is 0 Å². The zero-order valence-corrected chi connectivity index (χ0v) is 24.3. The summed E-state index contributed by atoms with van der Waals surface area (Å²) < 4.78 is 6.51. The molecule has 1 aliphatic heterocycles. The first-order valence-corrected chi connectivity index (χ1v) is 15.2. The second-order valence-corrected chi connectivity index (χ2v) is 11.3. The van der Waals surface area contributed by atoms with E-state index >= 15 is 0 Å². The third-order valence-electron chi connectivity index (χ3n) is 8.55. The van der Waals surface area contributed by atoms with E-state index in [-0.39, 0.29) is 6.10 Å². The minimum absolute atomic E-state index is 0.0156. The van der Waals surface area contributed by atoms with Crippen molar-refractivity contribution in [3.63, 3.8) is 0 Å². The molecule has 0 fully saturated rings. The van der Waals surface area contributed by atoms with Crippen molar-refractivity contribution in [2.75, 3.05) is 4.90 Å². The molecule has 6 aromatic rings. The number of benzene rings is 6. The fourth-order valence-corrected chi connectivity index (χ4v) is 6.43. The van der Waals surface area contributed by atoms with Crippen LogP contribution in [-0.2, 0) is 0 Å². The molecule has 1 atom stereocenters. The Morgan fingerprint density at radius 2 is 1.00 bits per heavy atom. The topological polar surface area (TPSA) is 12.5 Å². The van der Waals surface area contributed by atoms with Gasteiger partial charge in [0.25, 0.3) is 0 Å². The summed E-state index contributed by atoms with van der Waals surface area (Å²) in [5.41, 5.74) is 13.0. The minimum Gasteiger partial charge on any atom is -0.485 e. The molecular weight excluding hydrogens is 534 g/mol. The number of nitrogens with zero attached hydrogens (tertiary/aromatic N) is 1. The molecule has 210 valence electrons. The predicted molar refractivity (Wildman–Crippen MR) is 183 cm³/mol. The van der Waals surface area contributed by atoms with Gasteiger partial charge in [-0.05, 0) is 75.9 Å². The third kappa shape index (κ3) is 4.91. The molecule has 2 heteroatoms. The van der Waals surface area contributed by atoms with E-state index < -0.39 is 0 Å². The van der Waals surface area contributed by atoms with Crippen LogP contribution in [0.3, 0.4) is 0 Å². The molecular formula is C42H31NO. The summed E-state index contributed by atoms with van der Waals surface area (Å²) in [6, 6.07) is 56.1. The van der Waals surface area contributed by atoms with Crippen LogP contribution in [0.1, 0.15) is 12.0 Å². The minimum atomic E-state index is -0.0156.